The molecule has 0 unspecified atom stereocenters. The van der Waals surface area contributed by atoms with Crippen LogP contribution in [0.1, 0.15) is 34.0 Å². The molecule has 142 valence electrons. The Morgan fingerprint density at radius 1 is 1.18 bits per heavy atom. The van der Waals surface area contributed by atoms with Crippen LogP contribution in [0.5, 0.6) is 0 Å². The Bertz CT molecular complexity index is 1160. The minimum absolute atomic E-state index is 0.0548. The van der Waals surface area contributed by atoms with Gasteiger partial charge in [-0.2, -0.15) is 4.68 Å². The molecule has 0 bridgehead atoms. The summed E-state index contributed by atoms with van der Waals surface area (Å²) in [6.07, 6.45) is 2.73. The van der Waals surface area contributed by atoms with E-state index in [0.29, 0.717) is 10.7 Å². The van der Waals surface area contributed by atoms with E-state index in [-0.39, 0.29) is 11.5 Å². The van der Waals surface area contributed by atoms with E-state index < -0.39 is 0 Å². The van der Waals surface area contributed by atoms with Crippen LogP contribution in [-0.4, -0.2) is 36.7 Å². The van der Waals surface area contributed by atoms with Gasteiger partial charge in [-0.1, -0.05) is 43.0 Å². The van der Waals surface area contributed by atoms with Gasteiger partial charge in [0.25, 0.3) is 0 Å². The average Bonchev–Trinajstić information content (AvgIpc) is 3.35. The molecule has 0 amide bonds. The van der Waals surface area contributed by atoms with Crippen LogP contribution in [0.3, 0.4) is 0 Å². The number of nitrogens with zero attached hydrogens (tertiary/aromatic N) is 4. The summed E-state index contributed by atoms with van der Waals surface area (Å²) in [7, 11) is 0. The van der Waals surface area contributed by atoms with Gasteiger partial charge in [0.1, 0.15) is 0 Å². The first-order chi connectivity index (χ1) is 13.6. The molecule has 0 spiro atoms. The van der Waals surface area contributed by atoms with Crippen LogP contribution in [0.25, 0.3) is 16.6 Å². The summed E-state index contributed by atoms with van der Waals surface area (Å²) in [6, 6.07) is 12.1. The van der Waals surface area contributed by atoms with E-state index in [4.69, 9.17) is 0 Å². The number of carbonyl (C=O) groups excluding carboxylic acids is 1. The van der Waals surface area contributed by atoms with E-state index in [1.165, 1.54) is 28.5 Å². The van der Waals surface area contributed by atoms with Gasteiger partial charge in [0.2, 0.25) is 5.16 Å². The second-order valence-electron chi connectivity index (χ2n) is 6.75. The lowest BCUT2D eigenvalue weighted by atomic mass is 10.1. The van der Waals surface area contributed by atoms with Crippen molar-refractivity contribution in [3.63, 3.8) is 0 Å². The maximum atomic E-state index is 12.8. The Morgan fingerprint density at radius 3 is 2.82 bits per heavy atom. The molecule has 7 heteroatoms. The summed E-state index contributed by atoms with van der Waals surface area (Å²) in [5, 5.41) is 13.5. The van der Waals surface area contributed by atoms with Gasteiger partial charge in [-0.25, -0.2) is 0 Å². The Morgan fingerprint density at radius 2 is 2.04 bits per heavy atom. The van der Waals surface area contributed by atoms with E-state index in [1.54, 1.807) is 10.9 Å². The van der Waals surface area contributed by atoms with Crippen molar-refractivity contribution in [3.8, 4) is 5.69 Å². The zero-order chi connectivity index (χ0) is 19.7. The van der Waals surface area contributed by atoms with Crippen LogP contribution in [0.2, 0.25) is 0 Å². The standard InChI is InChI=1S/C21H21N5OS/c1-4-15-6-5-7-17-18(11-22-20(15)17)19(27)12-28-21-23-24-25-26(21)16-9-8-13(2)14(3)10-16/h5-11,22H,4,12H2,1-3H3. The Hall–Kier alpha value is -2.93. The zero-order valence-corrected chi connectivity index (χ0v) is 16.9. The number of hydrogen-bond acceptors (Lipinski definition) is 5. The number of para-hydroxylation sites is 1. The maximum Gasteiger partial charge on any atom is 0.214 e. The molecule has 28 heavy (non-hydrogen) atoms. The zero-order valence-electron chi connectivity index (χ0n) is 16.1. The van der Waals surface area contributed by atoms with Crippen LogP contribution in [-0.2, 0) is 6.42 Å². The predicted octanol–water partition coefficient (Wildman–Crippen LogP) is 4.30. The molecule has 4 aromatic rings. The maximum absolute atomic E-state index is 12.8. The summed E-state index contributed by atoms with van der Waals surface area (Å²) in [4.78, 5) is 16.1. The van der Waals surface area contributed by atoms with Gasteiger partial charge >= 0.3 is 0 Å². The number of hydrogen-bond donors (Lipinski definition) is 1. The minimum Gasteiger partial charge on any atom is -0.360 e. The Labute approximate surface area is 167 Å². The number of rotatable bonds is 6. The van der Waals surface area contributed by atoms with E-state index in [0.717, 1.165) is 23.0 Å². The number of Topliss-reactive ketones (excluding diaryl/α,β-unsaturated/α-hetero) is 1. The number of tetrazole rings is 1. The first-order valence-electron chi connectivity index (χ1n) is 9.19. The van der Waals surface area contributed by atoms with Crippen LogP contribution in [0, 0.1) is 13.8 Å². The lowest BCUT2D eigenvalue weighted by molar-refractivity contribution is 0.102. The molecule has 0 fully saturated rings. The van der Waals surface area contributed by atoms with Crippen molar-refractivity contribution in [1.29, 1.82) is 0 Å². The Balaban J connectivity index is 1.55. The monoisotopic (exact) mass is 391 g/mol. The number of nitrogens with one attached hydrogen (secondary N) is 1. The number of aryl methyl sites for hydroxylation is 3. The van der Waals surface area contributed by atoms with E-state index in [9.17, 15) is 4.79 Å². The fraction of sp³-hybridized carbons (Fsp3) is 0.238. The fourth-order valence-corrected chi connectivity index (χ4v) is 4.01. The quantitative estimate of drug-likeness (QED) is 0.392. The van der Waals surface area contributed by atoms with Gasteiger partial charge < -0.3 is 4.98 Å². The van der Waals surface area contributed by atoms with Gasteiger partial charge in [0.15, 0.2) is 5.78 Å². The highest BCUT2D eigenvalue weighted by atomic mass is 32.2. The summed E-state index contributed by atoms with van der Waals surface area (Å²) in [6.45, 7) is 6.23. The van der Waals surface area contributed by atoms with Gasteiger partial charge in [-0.15, -0.1) is 5.10 Å². The van der Waals surface area contributed by atoms with Gasteiger partial charge in [0.05, 0.1) is 11.4 Å². The average molecular weight is 392 g/mol. The first-order valence-corrected chi connectivity index (χ1v) is 10.2. The summed E-state index contributed by atoms with van der Waals surface area (Å²) in [5.41, 5.74) is 6.24. The van der Waals surface area contributed by atoms with Gasteiger partial charge in [-0.3, -0.25) is 4.79 Å². The molecule has 0 aliphatic carbocycles. The molecule has 1 N–H and O–H groups in total. The van der Waals surface area contributed by atoms with Crippen molar-refractivity contribution < 1.29 is 4.79 Å². The lowest BCUT2D eigenvalue weighted by Gasteiger charge is -2.06. The molecule has 0 aliphatic rings. The van der Waals surface area contributed by atoms with Gasteiger partial charge in [-0.05, 0) is 59.5 Å². The molecule has 2 aromatic heterocycles. The molecular weight excluding hydrogens is 370 g/mol. The highest BCUT2D eigenvalue weighted by Crippen LogP contribution is 2.25. The molecule has 6 nitrogen and oxygen atoms in total. The number of ketones is 1. The number of aromatic nitrogens is 5. The molecular formula is C21H21N5OS. The molecule has 2 heterocycles. The number of thioether (sulfide) groups is 1. The third-order valence-electron chi connectivity index (χ3n) is 4.99. The summed E-state index contributed by atoms with van der Waals surface area (Å²) >= 11 is 1.35. The number of benzene rings is 2. The number of fused-ring (bicyclic) bond motifs is 1. The second kappa shape index (κ2) is 7.59. The normalized spacial score (nSPS) is 11.2. The molecule has 0 saturated carbocycles. The van der Waals surface area contributed by atoms with Crippen molar-refractivity contribution in [3.05, 3.63) is 64.8 Å². The van der Waals surface area contributed by atoms with Crippen molar-refractivity contribution in [2.75, 3.05) is 5.75 Å². The van der Waals surface area contributed by atoms with Crippen molar-refractivity contribution in [2.24, 2.45) is 0 Å². The molecule has 0 radical (unpaired) electrons. The summed E-state index contributed by atoms with van der Waals surface area (Å²) < 4.78 is 1.68. The number of aromatic amines is 1. The van der Waals surface area contributed by atoms with Crippen molar-refractivity contribution in [2.45, 2.75) is 32.3 Å². The summed E-state index contributed by atoms with van der Waals surface area (Å²) in [5.74, 6) is 0.327. The number of H-pyrrole nitrogens is 1. The molecule has 0 aliphatic heterocycles. The Kier molecular flexibility index (Phi) is 5.00. The highest BCUT2D eigenvalue weighted by Gasteiger charge is 2.16. The molecule has 4 rings (SSSR count). The molecule has 0 atom stereocenters. The number of carbonyl (C=O) groups is 1. The van der Waals surface area contributed by atoms with Gasteiger partial charge in [0, 0.05) is 22.7 Å². The topological polar surface area (TPSA) is 76.5 Å². The van der Waals surface area contributed by atoms with E-state index in [2.05, 4.69) is 47.3 Å². The second-order valence-corrected chi connectivity index (χ2v) is 7.69. The van der Waals surface area contributed by atoms with Crippen LogP contribution in [0.4, 0.5) is 0 Å². The van der Waals surface area contributed by atoms with Crippen LogP contribution >= 0.6 is 11.8 Å². The smallest absolute Gasteiger partial charge is 0.214 e. The third-order valence-corrected chi connectivity index (χ3v) is 5.91. The molecule has 2 aromatic carbocycles. The first kappa shape index (κ1) is 18.4. The van der Waals surface area contributed by atoms with E-state index >= 15 is 0 Å². The SMILES string of the molecule is CCc1cccc2c(C(=O)CSc3nnnn3-c3ccc(C)c(C)c3)c[nH]c12. The fourth-order valence-electron chi connectivity index (χ4n) is 3.24. The minimum atomic E-state index is 0.0548. The van der Waals surface area contributed by atoms with Crippen molar-refractivity contribution in [1.82, 2.24) is 25.2 Å². The van der Waals surface area contributed by atoms with Crippen molar-refractivity contribution >= 4 is 28.4 Å². The molecule has 0 saturated heterocycles. The van der Waals surface area contributed by atoms with Crippen LogP contribution in [0.15, 0.2) is 47.8 Å². The lowest BCUT2D eigenvalue weighted by Crippen LogP contribution is -2.05. The van der Waals surface area contributed by atoms with E-state index in [1.807, 2.05) is 30.3 Å². The predicted molar refractivity (Wildman–Crippen MR) is 111 cm³/mol. The largest absolute Gasteiger partial charge is 0.360 e. The highest BCUT2D eigenvalue weighted by molar-refractivity contribution is 7.99. The van der Waals surface area contributed by atoms with Crippen LogP contribution < -0.4 is 0 Å². The third kappa shape index (κ3) is 3.33.